The van der Waals surface area contributed by atoms with Gasteiger partial charge in [-0.25, -0.2) is 8.78 Å². The van der Waals surface area contributed by atoms with Crippen molar-refractivity contribution < 1.29 is 18.7 Å². The molecule has 1 aromatic carbocycles. The number of aliphatic hydroxyl groups excluding tert-OH is 1. The van der Waals surface area contributed by atoms with Gasteiger partial charge in [-0.2, -0.15) is 0 Å². The number of hydrogen-bond acceptors (Lipinski definition) is 3. The van der Waals surface area contributed by atoms with E-state index in [1.165, 1.54) is 16.8 Å². The zero-order chi connectivity index (χ0) is 20.5. The van der Waals surface area contributed by atoms with Crippen LogP contribution in [0, 0.1) is 5.92 Å². The van der Waals surface area contributed by atoms with Crippen LogP contribution in [0.3, 0.4) is 0 Å². The normalized spacial score (nSPS) is 18.2. The molecule has 5 nitrogen and oxygen atoms in total. The molecular weight excluding hydrogens is 390 g/mol. The zero-order valence-corrected chi connectivity index (χ0v) is 16.3. The van der Waals surface area contributed by atoms with Crippen LogP contribution in [0.5, 0.6) is 0 Å². The third kappa shape index (κ3) is 4.20. The number of rotatable bonds is 5. The number of aliphatic hydroxyl groups is 1. The molecule has 1 heterocycles. The zero-order valence-electron chi connectivity index (χ0n) is 15.6. The quantitative estimate of drug-likeness (QED) is 0.785. The summed E-state index contributed by atoms with van der Waals surface area (Å²) in [5.41, 5.74) is -0.125. The molecule has 0 radical (unpaired) electrons. The molecule has 1 amide bonds. The van der Waals surface area contributed by atoms with Crippen LogP contribution in [0.25, 0.3) is 10.8 Å². The number of pyridine rings is 1. The van der Waals surface area contributed by atoms with Crippen molar-refractivity contribution in [2.24, 2.45) is 5.92 Å². The van der Waals surface area contributed by atoms with E-state index in [0.29, 0.717) is 30.2 Å². The van der Waals surface area contributed by atoms with Crippen LogP contribution < -0.4 is 10.9 Å². The van der Waals surface area contributed by atoms with Gasteiger partial charge in [0.25, 0.3) is 11.5 Å². The van der Waals surface area contributed by atoms with Crippen molar-refractivity contribution in [1.29, 1.82) is 0 Å². The Balaban J connectivity index is 1.84. The highest BCUT2D eigenvalue weighted by molar-refractivity contribution is 6.35. The number of fused-ring (bicyclic) bond motifs is 1. The van der Waals surface area contributed by atoms with Crippen LogP contribution in [0.4, 0.5) is 8.78 Å². The second-order valence-corrected chi connectivity index (χ2v) is 7.86. The number of amides is 1. The van der Waals surface area contributed by atoms with Crippen molar-refractivity contribution in [3.63, 3.8) is 0 Å². The SMILES string of the molecule is CC(CO)n1ccc2c(C(=O)NCC3CCC(F)(F)CC3)c(Cl)ccc2c1=O. The van der Waals surface area contributed by atoms with E-state index in [9.17, 15) is 23.5 Å². The van der Waals surface area contributed by atoms with Crippen molar-refractivity contribution in [3.05, 3.63) is 45.3 Å². The van der Waals surface area contributed by atoms with Gasteiger partial charge in [-0.05, 0) is 43.9 Å². The van der Waals surface area contributed by atoms with Gasteiger partial charge < -0.3 is 15.0 Å². The van der Waals surface area contributed by atoms with E-state index in [2.05, 4.69) is 5.32 Å². The summed E-state index contributed by atoms with van der Waals surface area (Å²) in [6, 6.07) is 4.29. The minimum absolute atomic E-state index is 0.0000386. The second kappa shape index (κ2) is 8.17. The fraction of sp³-hybridized carbons (Fsp3) is 0.500. The highest BCUT2D eigenvalue weighted by Crippen LogP contribution is 2.36. The molecule has 2 aromatic rings. The van der Waals surface area contributed by atoms with Gasteiger partial charge in [-0.1, -0.05) is 11.6 Å². The first-order valence-electron chi connectivity index (χ1n) is 9.34. The summed E-state index contributed by atoms with van der Waals surface area (Å²) < 4.78 is 27.9. The third-order valence-corrected chi connectivity index (χ3v) is 5.73. The van der Waals surface area contributed by atoms with Gasteiger partial charge in [0.15, 0.2) is 0 Å². The molecule has 0 spiro atoms. The molecule has 28 heavy (non-hydrogen) atoms. The predicted octanol–water partition coefficient (Wildman–Crippen LogP) is 3.76. The van der Waals surface area contributed by atoms with E-state index < -0.39 is 17.9 Å². The summed E-state index contributed by atoms with van der Waals surface area (Å²) in [5.74, 6) is -3.04. The van der Waals surface area contributed by atoms with Crippen LogP contribution >= 0.6 is 11.6 Å². The Morgan fingerprint density at radius 1 is 1.32 bits per heavy atom. The largest absolute Gasteiger partial charge is 0.394 e. The molecule has 0 saturated heterocycles. The Labute approximate surface area is 166 Å². The molecular formula is C20H23ClF2N2O3. The number of hydrogen-bond donors (Lipinski definition) is 2. The minimum atomic E-state index is -2.61. The second-order valence-electron chi connectivity index (χ2n) is 7.45. The molecule has 1 unspecified atom stereocenters. The molecule has 1 fully saturated rings. The van der Waals surface area contributed by atoms with Gasteiger partial charge >= 0.3 is 0 Å². The van der Waals surface area contributed by atoms with Crippen LogP contribution in [0.2, 0.25) is 5.02 Å². The van der Waals surface area contributed by atoms with Gasteiger partial charge in [-0.3, -0.25) is 9.59 Å². The fourth-order valence-electron chi connectivity index (χ4n) is 3.61. The lowest BCUT2D eigenvalue weighted by molar-refractivity contribution is -0.0452. The molecule has 0 aliphatic heterocycles. The van der Waals surface area contributed by atoms with Crippen molar-refractivity contribution in [2.75, 3.05) is 13.2 Å². The first-order valence-corrected chi connectivity index (χ1v) is 9.71. The average molecular weight is 413 g/mol. The first kappa shape index (κ1) is 20.7. The number of halogens is 3. The fourth-order valence-corrected chi connectivity index (χ4v) is 3.86. The molecule has 1 aliphatic rings. The van der Waals surface area contributed by atoms with Gasteiger partial charge in [0.05, 0.1) is 23.2 Å². The van der Waals surface area contributed by atoms with Crippen molar-refractivity contribution in [3.8, 4) is 0 Å². The van der Waals surface area contributed by atoms with Crippen LogP contribution in [-0.2, 0) is 0 Å². The Bertz CT molecular complexity index is 935. The minimum Gasteiger partial charge on any atom is -0.394 e. The topological polar surface area (TPSA) is 71.3 Å². The average Bonchev–Trinajstić information content (AvgIpc) is 2.66. The lowest BCUT2D eigenvalue weighted by Crippen LogP contribution is -2.34. The maximum Gasteiger partial charge on any atom is 0.258 e. The standard InChI is InChI=1S/C20H23ClF2N2O3/c1-12(11-26)25-9-6-14-15(19(25)28)2-3-16(21)17(14)18(27)24-10-13-4-7-20(22,23)8-5-13/h2-3,6,9,12-13,26H,4-5,7-8,10-11H2,1H3,(H,24,27). The molecule has 1 atom stereocenters. The van der Waals surface area contributed by atoms with Gasteiger partial charge in [0.1, 0.15) is 0 Å². The molecule has 152 valence electrons. The molecule has 1 saturated carbocycles. The molecule has 8 heteroatoms. The summed E-state index contributed by atoms with van der Waals surface area (Å²) in [6.45, 7) is 1.82. The Morgan fingerprint density at radius 3 is 2.64 bits per heavy atom. The van der Waals surface area contributed by atoms with Crippen LogP contribution in [0.15, 0.2) is 29.2 Å². The van der Waals surface area contributed by atoms with Crippen molar-refractivity contribution >= 4 is 28.3 Å². The number of aromatic nitrogens is 1. The van der Waals surface area contributed by atoms with E-state index in [1.807, 2.05) is 0 Å². The van der Waals surface area contributed by atoms with Crippen molar-refractivity contribution in [1.82, 2.24) is 9.88 Å². The molecule has 2 N–H and O–H groups in total. The maximum atomic E-state index is 13.3. The van der Waals surface area contributed by atoms with E-state index in [0.717, 1.165) is 0 Å². The number of nitrogens with one attached hydrogen (secondary N) is 1. The molecule has 1 aliphatic carbocycles. The Hall–Kier alpha value is -1.99. The lowest BCUT2D eigenvalue weighted by atomic mass is 9.87. The van der Waals surface area contributed by atoms with Crippen molar-refractivity contribution in [2.45, 2.75) is 44.6 Å². The monoisotopic (exact) mass is 412 g/mol. The van der Waals surface area contributed by atoms with E-state index >= 15 is 0 Å². The molecule has 3 rings (SSSR count). The summed E-state index contributed by atoms with van der Waals surface area (Å²) in [6.07, 6.45) is 1.93. The number of alkyl halides is 2. The number of benzene rings is 1. The summed E-state index contributed by atoms with van der Waals surface area (Å²) in [7, 11) is 0. The lowest BCUT2D eigenvalue weighted by Gasteiger charge is -2.28. The smallest absolute Gasteiger partial charge is 0.258 e. The van der Waals surface area contributed by atoms with Crippen LogP contribution in [0.1, 0.15) is 49.0 Å². The number of nitrogens with zero attached hydrogens (tertiary/aromatic N) is 1. The summed E-state index contributed by atoms with van der Waals surface area (Å²) >= 11 is 6.23. The maximum absolute atomic E-state index is 13.3. The van der Waals surface area contributed by atoms with E-state index in [-0.39, 0.29) is 41.5 Å². The molecule has 1 aromatic heterocycles. The predicted molar refractivity (Wildman–Crippen MR) is 104 cm³/mol. The third-order valence-electron chi connectivity index (χ3n) is 5.42. The highest BCUT2D eigenvalue weighted by atomic mass is 35.5. The number of carbonyl (C=O) groups excluding carboxylic acids is 1. The summed E-state index contributed by atoms with van der Waals surface area (Å²) in [4.78, 5) is 25.4. The van der Waals surface area contributed by atoms with Gasteiger partial charge in [-0.15, -0.1) is 0 Å². The Kier molecular flexibility index (Phi) is 6.05. The number of carbonyl (C=O) groups is 1. The molecule has 0 bridgehead atoms. The van der Waals surface area contributed by atoms with E-state index in [1.54, 1.807) is 19.1 Å². The first-order chi connectivity index (χ1) is 13.2. The van der Waals surface area contributed by atoms with Gasteiger partial charge in [0.2, 0.25) is 5.92 Å². The van der Waals surface area contributed by atoms with Gasteiger partial charge in [0, 0.05) is 36.4 Å². The summed E-state index contributed by atoms with van der Waals surface area (Å²) in [5, 5.41) is 13.1. The Morgan fingerprint density at radius 2 is 2.00 bits per heavy atom. The highest BCUT2D eigenvalue weighted by Gasteiger charge is 2.34. The van der Waals surface area contributed by atoms with E-state index in [4.69, 9.17) is 11.6 Å². The van der Waals surface area contributed by atoms with Crippen LogP contribution in [-0.4, -0.2) is 34.7 Å².